The predicted molar refractivity (Wildman–Crippen MR) is 136 cm³/mol. The van der Waals surface area contributed by atoms with Crippen LogP contribution in [0.5, 0.6) is 0 Å². The number of hydrogen-bond donors (Lipinski definition) is 2. The summed E-state index contributed by atoms with van der Waals surface area (Å²) in [5.41, 5.74) is 2.00. The molecule has 1 saturated carbocycles. The monoisotopic (exact) mass is 498 g/mol. The molecule has 35 heavy (non-hydrogen) atoms. The quantitative estimate of drug-likeness (QED) is 0.525. The van der Waals surface area contributed by atoms with Crippen molar-refractivity contribution in [3.63, 3.8) is 0 Å². The minimum Gasteiger partial charge on any atom is -0.352 e. The number of hydrogen-bond acceptors (Lipinski definition) is 5. The molecule has 1 heterocycles. The fraction of sp³-hybridized carbons (Fsp3) is 0.462. The van der Waals surface area contributed by atoms with E-state index in [9.17, 15) is 18.0 Å². The smallest absolute Gasteiger partial charge is 0.261 e. The fourth-order valence-corrected chi connectivity index (χ4v) is 5.23. The van der Waals surface area contributed by atoms with Crippen molar-refractivity contribution < 1.29 is 18.0 Å². The number of piperazine rings is 1. The maximum absolute atomic E-state index is 13.1. The third-order valence-electron chi connectivity index (χ3n) is 6.39. The Morgan fingerprint density at radius 2 is 1.71 bits per heavy atom. The molecule has 2 amide bonds. The van der Waals surface area contributed by atoms with Gasteiger partial charge in [-0.2, -0.15) is 0 Å². The van der Waals surface area contributed by atoms with Crippen LogP contribution in [0.15, 0.2) is 53.4 Å². The Bertz CT molecular complexity index is 1140. The zero-order valence-electron chi connectivity index (χ0n) is 20.2. The van der Waals surface area contributed by atoms with E-state index in [0.717, 1.165) is 32.1 Å². The number of nitrogens with zero attached hydrogens (tertiary/aromatic N) is 2. The van der Waals surface area contributed by atoms with E-state index in [2.05, 4.69) is 17.0 Å². The number of unbranched alkanes of at least 4 members (excludes halogenated alkanes) is 1. The van der Waals surface area contributed by atoms with Crippen LogP contribution in [0.3, 0.4) is 0 Å². The number of carbonyl (C=O) groups excluding carboxylic acids is 2. The van der Waals surface area contributed by atoms with Crippen LogP contribution in [0.1, 0.15) is 48.5 Å². The van der Waals surface area contributed by atoms with Gasteiger partial charge in [0.25, 0.3) is 15.9 Å². The molecule has 0 unspecified atom stereocenters. The van der Waals surface area contributed by atoms with Crippen molar-refractivity contribution in [1.82, 2.24) is 15.1 Å². The summed E-state index contributed by atoms with van der Waals surface area (Å²) in [6.45, 7) is 4.69. The fourth-order valence-electron chi connectivity index (χ4n) is 4.13. The minimum atomic E-state index is -3.83. The second-order valence-corrected chi connectivity index (χ2v) is 11.0. The van der Waals surface area contributed by atoms with Gasteiger partial charge in [-0.25, -0.2) is 8.42 Å². The highest BCUT2D eigenvalue weighted by molar-refractivity contribution is 7.92. The number of amides is 2. The Labute approximate surface area is 207 Å². The Hall–Kier alpha value is -2.91. The molecule has 2 fully saturated rings. The molecule has 0 spiro atoms. The first-order valence-electron chi connectivity index (χ1n) is 12.4. The third-order valence-corrected chi connectivity index (χ3v) is 7.76. The number of benzene rings is 2. The van der Waals surface area contributed by atoms with E-state index < -0.39 is 10.0 Å². The van der Waals surface area contributed by atoms with Gasteiger partial charge in [-0.05, 0) is 61.6 Å². The van der Waals surface area contributed by atoms with Crippen LogP contribution < -0.4 is 10.0 Å². The molecule has 188 valence electrons. The number of rotatable bonds is 10. The Morgan fingerprint density at radius 1 is 1.00 bits per heavy atom. The lowest BCUT2D eigenvalue weighted by Crippen LogP contribution is -2.51. The lowest BCUT2D eigenvalue weighted by atomic mass is 10.1. The van der Waals surface area contributed by atoms with Gasteiger partial charge in [0.2, 0.25) is 5.91 Å². The van der Waals surface area contributed by atoms with Crippen molar-refractivity contribution in [1.29, 1.82) is 0 Å². The molecule has 2 aromatic rings. The van der Waals surface area contributed by atoms with E-state index in [0.29, 0.717) is 50.0 Å². The van der Waals surface area contributed by atoms with Gasteiger partial charge in [-0.3, -0.25) is 19.2 Å². The van der Waals surface area contributed by atoms with Crippen molar-refractivity contribution in [2.45, 2.75) is 50.0 Å². The van der Waals surface area contributed by atoms with Gasteiger partial charge in [0.1, 0.15) is 0 Å². The van der Waals surface area contributed by atoms with E-state index in [-0.39, 0.29) is 16.7 Å². The minimum absolute atomic E-state index is 0.0354. The van der Waals surface area contributed by atoms with Crippen molar-refractivity contribution in [3.8, 4) is 0 Å². The van der Waals surface area contributed by atoms with E-state index in [1.54, 1.807) is 29.2 Å². The standard InChI is InChI=1S/C26H34N4O4S/c1-2-3-5-20-8-10-23(11-9-20)28-35(33,34)24-7-4-6-21(18-24)26(32)30-16-14-29(15-17-30)19-25(31)27-22-12-13-22/h4,6-11,18,22,28H,2-3,5,12-17,19H2,1H3,(H,27,31). The Morgan fingerprint density at radius 3 is 2.37 bits per heavy atom. The highest BCUT2D eigenvalue weighted by Crippen LogP contribution is 2.20. The van der Waals surface area contributed by atoms with E-state index >= 15 is 0 Å². The Balaban J connectivity index is 1.34. The topological polar surface area (TPSA) is 98.8 Å². The highest BCUT2D eigenvalue weighted by Gasteiger charge is 2.27. The number of nitrogens with one attached hydrogen (secondary N) is 2. The molecule has 1 saturated heterocycles. The van der Waals surface area contributed by atoms with Crippen LogP contribution >= 0.6 is 0 Å². The summed E-state index contributed by atoms with van der Waals surface area (Å²) >= 11 is 0. The Kier molecular flexibility index (Phi) is 8.07. The maximum atomic E-state index is 13.1. The van der Waals surface area contributed by atoms with Gasteiger partial charge >= 0.3 is 0 Å². The lowest BCUT2D eigenvalue weighted by molar-refractivity contribution is -0.122. The second kappa shape index (κ2) is 11.2. The molecular weight excluding hydrogens is 464 g/mol. The van der Waals surface area contributed by atoms with Gasteiger partial charge in [0.15, 0.2) is 0 Å². The molecule has 1 aliphatic carbocycles. The molecule has 9 heteroatoms. The maximum Gasteiger partial charge on any atom is 0.261 e. The number of carbonyl (C=O) groups is 2. The zero-order valence-corrected chi connectivity index (χ0v) is 21.0. The SMILES string of the molecule is CCCCc1ccc(NS(=O)(=O)c2cccc(C(=O)N3CCN(CC(=O)NC4CC4)CC3)c2)cc1. The summed E-state index contributed by atoms with van der Waals surface area (Å²) in [6.07, 6.45) is 5.29. The highest BCUT2D eigenvalue weighted by atomic mass is 32.2. The van der Waals surface area contributed by atoms with Crippen molar-refractivity contribution in [2.75, 3.05) is 37.4 Å². The normalized spacial score (nSPS) is 16.7. The largest absolute Gasteiger partial charge is 0.352 e. The van der Waals surface area contributed by atoms with Crippen molar-refractivity contribution >= 4 is 27.5 Å². The van der Waals surface area contributed by atoms with Crippen LogP contribution in [0.4, 0.5) is 5.69 Å². The van der Waals surface area contributed by atoms with Crippen LogP contribution in [0.25, 0.3) is 0 Å². The molecule has 4 rings (SSSR count). The number of sulfonamides is 1. The summed E-state index contributed by atoms with van der Waals surface area (Å²) < 4.78 is 28.5. The van der Waals surface area contributed by atoms with Gasteiger partial charge in [-0.1, -0.05) is 31.5 Å². The summed E-state index contributed by atoms with van der Waals surface area (Å²) in [6, 6.07) is 13.9. The van der Waals surface area contributed by atoms with Gasteiger partial charge in [0, 0.05) is 43.5 Å². The molecule has 0 aromatic heterocycles. The van der Waals surface area contributed by atoms with Crippen molar-refractivity contribution in [2.24, 2.45) is 0 Å². The van der Waals surface area contributed by atoms with Crippen molar-refractivity contribution in [3.05, 3.63) is 59.7 Å². The van der Waals surface area contributed by atoms with E-state index in [1.807, 2.05) is 17.0 Å². The number of aryl methyl sites for hydroxylation is 1. The van der Waals surface area contributed by atoms with Gasteiger partial charge in [0.05, 0.1) is 11.4 Å². The molecule has 0 atom stereocenters. The first-order valence-corrected chi connectivity index (χ1v) is 13.8. The second-order valence-electron chi connectivity index (χ2n) is 9.34. The van der Waals surface area contributed by atoms with Crippen LogP contribution in [0.2, 0.25) is 0 Å². The van der Waals surface area contributed by atoms with Gasteiger partial charge in [-0.15, -0.1) is 0 Å². The average molecular weight is 499 g/mol. The van der Waals surface area contributed by atoms with E-state index in [1.165, 1.54) is 17.7 Å². The molecule has 0 bridgehead atoms. The van der Waals surface area contributed by atoms with Crippen LogP contribution in [-0.2, 0) is 21.2 Å². The first kappa shape index (κ1) is 25.2. The summed E-state index contributed by atoms with van der Waals surface area (Å²) in [5.74, 6) is -0.169. The number of anilines is 1. The first-order chi connectivity index (χ1) is 16.8. The molecule has 0 radical (unpaired) electrons. The average Bonchev–Trinajstić information content (AvgIpc) is 3.67. The molecular formula is C26H34N4O4S. The van der Waals surface area contributed by atoms with Gasteiger partial charge < -0.3 is 10.2 Å². The molecule has 2 aliphatic rings. The molecule has 8 nitrogen and oxygen atoms in total. The summed E-state index contributed by atoms with van der Waals surface area (Å²) in [7, 11) is -3.83. The molecule has 2 aromatic carbocycles. The zero-order chi connectivity index (χ0) is 24.8. The van der Waals surface area contributed by atoms with E-state index in [4.69, 9.17) is 0 Å². The predicted octanol–water partition coefficient (Wildman–Crippen LogP) is 2.87. The molecule has 1 aliphatic heterocycles. The lowest BCUT2D eigenvalue weighted by Gasteiger charge is -2.34. The molecule has 2 N–H and O–H groups in total. The van der Waals surface area contributed by atoms with Crippen LogP contribution in [0, 0.1) is 0 Å². The van der Waals surface area contributed by atoms with Crippen LogP contribution in [-0.4, -0.2) is 68.8 Å². The third kappa shape index (κ3) is 7.05. The summed E-state index contributed by atoms with van der Waals surface area (Å²) in [4.78, 5) is 28.9. The summed E-state index contributed by atoms with van der Waals surface area (Å²) in [5, 5.41) is 2.99.